The Bertz CT molecular complexity index is 1550. The van der Waals surface area contributed by atoms with Crippen LogP contribution in [0.1, 0.15) is 0 Å². The van der Waals surface area contributed by atoms with Gasteiger partial charge in [-0.1, -0.05) is 96.5 Å². The second-order valence-electron chi connectivity index (χ2n) is 8.01. The molecule has 0 radical (unpaired) electrons. The van der Waals surface area contributed by atoms with E-state index >= 15 is 0 Å². The lowest BCUT2D eigenvalue weighted by molar-refractivity contribution is 1.18. The van der Waals surface area contributed by atoms with Gasteiger partial charge >= 0.3 is 0 Å². The standard InChI is InChI=1S/C30H20ClN/c31-25-14-18-29-28(20-25)27-17-13-24(22-9-5-2-6-10-22)19-30(27)32(29)26-15-11-23(12-16-26)21-7-3-1-4-8-21/h1-20H. The Hall–Kier alpha value is -3.81. The van der Waals surface area contributed by atoms with Gasteiger partial charge in [0.15, 0.2) is 0 Å². The maximum Gasteiger partial charge on any atom is 0.0547 e. The molecule has 5 aromatic carbocycles. The molecule has 6 rings (SSSR count). The Morgan fingerprint density at radius 1 is 0.438 bits per heavy atom. The first-order chi connectivity index (χ1) is 15.8. The predicted molar refractivity (Wildman–Crippen MR) is 137 cm³/mol. The highest BCUT2D eigenvalue weighted by molar-refractivity contribution is 6.32. The van der Waals surface area contributed by atoms with E-state index < -0.39 is 0 Å². The Morgan fingerprint density at radius 3 is 1.72 bits per heavy atom. The molecule has 0 fully saturated rings. The first-order valence-electron chi connectivity index (χ1n) is 10.7. The summed E-state index contributed by atoms with van der Waals surface area (Å²) in [5.41, 5.74) is 8.32. The molecule has 0 bridgehead atoms. The first kappa shape index (κ1) is 18.9. The van der Waals surface area contributed by atoms with Crippen LogP contribution in [0.25, 0.3) is 49.7 Å². The van der Waals surface area contributed by atoms with E-state index in [-0.39, 0.29) is 0 Å². The number of hydrogen-bond donors (Lipinski definition) is 0. The number of fused-ring (bicyclic) bond motifs is 3. The summed E-state index contributed by atoms with van der Waals surface area (Å²) in [6.07, 6.45) is 0. The molecule has 1 heterocycles. The molecule has 0 saturated heterocycles. The lowest BCUT2D eigenvalue weighted by Gasteiger charge is -2.10. The second-order valence-corrected chi connectivity index (χ2v) is 8.44. The number of benzene rings is 5. The number of hydrogen-bond acceptors (Lipinski definition) is 0. The lowest BCUT2D eigenvalue weighted by Crippen LogP contribution is -1.94. The number of aromatic nitrogens is 1. The molecule has 0 amide bonds. The monoisotopic (exact) mass is 429 g/mol. The third kappa shape index (κ3) is 3.19. The topological polar surface area (TPSA) is 4.93 Å². The van der Waals surface area contributed by atoms with E-state index in [1.807, 2.05) is 12.1 Å². The minimum atomic E-state index is 0.753. The molecular formula is C30H20ClN. The fourth-order valence-corrected chi connectivity index (χ4v) is 4.69. The third-order valence-electron chi connectivity index (χ3n) is 6.07. The lowest BCUT2D eigenvalue weighted by atomic mass is 10.0. The van der Waals surface area contributed by atoms with E-state index in [2.05, 4.69) is 114 Å². The van der Waals surface area contributed by atoms with Gasteiger partial charge in [-0.05, 0) is 58.7 Å². The van der Waals surface area contributed by atoms with Gasteiger partial charge in [-0.2, -0.15) is 0 Å². The van der Waals surface area contributed by atoms with Crippen molar-refractivity contribution in [1.29, 1.82) is 0 Å². The second kappa shape index (κ2) is 7.71. The van der Waals surface area contributed by atoms with Crippen molar-refractivity contribution in [1.82, 2.24) is 4.57 Å². The van der Waals surface area contributed by atoms with E-state index in [1.54, 1.807) is 0 Å². The van der Waals surface area contributed by atoms with Crippen molar-refractivity contribution in [3.63, 3.8) is 0 Å². The van der Waals surface area contributed by atoms with E-state index in [1.165, 1.54) is 38.5 Å². The van der Waals surface area contributed by atoms with Crippen LogP contribution in [0.3, 0.4) is 0 Å². The third-order valence-corrected chi connectivity index (χ3v) is 6.30. The molecule has 32 heavy (non-hydrogen) atoms. The Labute approximate surface area is 192 Å². The van der Waals surface area contributed by atoms with Crippen molar-refractivity contribution in [2.24, 2.45) is 0 Å². The van der Waals surface area contributed by atoms with E-state index in [4.69, 9.17) is 11.6 Å². The van der Waals surface area contributed by atoms with Crippen LogP contribution in [0.4, 0.5) is 0 Å². The predicted octanol–water partition coefficient (Wildman–Crippen LogP) is 8.77. The van der Waals surface area contributed by atoms with Crippen LogP contribution in [0.2, 0.25) is 5.02 Å². The van der Waals surface area contributed by atoms with Crippen LogP contribution in [0.15, 0.2) is 121 Å². The maximum atomic E-state index is 6.38. The summed E-state index contributed by atoms with van der Waals surface area (Å²) in [5, 5.41) is 3.12. The highest BCUT2D eigenvalue weighted by Crippen LogP contribution is 2.36. The van der Waals surface area contributed by atoms with Gasteiger partial charge < -0.3 is 4.57 Å². The average Bonchev–Trinajstić information content (AvgIpc) is 3.18. The molecule has 1 nitrogen and oxygen atoms in total. The zero-order valence-corrected chi connectivity index (χ0v) is 18.1. The van der Waals surface area contributed by atoms with Crippen LogP contribution < -0.4 is 0 Å². The van der Waals surface area contributed by atoms with Crippen molar-refractivity contribution in [2.45, 2.75) is 0 Å². The normalized spacial score (nSPS) is 11.3. The molecule has 0 spiro atoms. The van der Waals surface area contributed by atoms with Crippen LogP contribution >= 0.6 is 11.6 Å². The van der Waals surface area contributed by atoms with Gasteiger partial charge in [0.1, 0.15) is 0 Å². The van der Waals surface area contributed by atoms with Gasteiger partial charge in [-0.3, -0.25) is 0 Å². The Balaban J connectivity index is 1.58. The van der Waals surface area contributed by atoms with Gasteiger partial charge in [0.2, 0.25) is 0 Å². The molecule has 0 saturated carbocycles. The van der Waals surface area contributed by atoms with Crippen molar-refractivity contribution in [2.75, 3.05) is 0 Å². The SMILES string of the molecule is Clc1ccc2c(c1)c1ccc(-c3ccccc3)cc1n2-c1ccc(-c2ccccc2)cc1. The van der Waals surface area contributed by atoms with E-state index in [0.717, 1.165) is 16.2 Å². The average molecular weight is 430 g/mol. The summed E-state index contributed by atoms with van der Waals surface area (Å²) in [7, 11) is 0. The molecule has 152 valence electrons. The largest absolute Gasteiger partial charge is 0.309 e. The number of rotatable bonds is 3. The molecule has 0 unspecified atom stereocenters. The maximum absolute atomic E-state index is 6.38. The Kier molecular flexibility index (Phi) is 4.56. The fraction of sp³-hybridized carbons (Fsp3) is 0. The van der Waals surface area contributed by atoms with Crippen molar-refractivity contribution in [3.05, 3.63) is 126 Å². The van der Waals surface area contributed by atoms with Gasteiger partial charge in [0.05, 0.1) is 11.0 Å². The highest BCUT2D eigenvalue weighted by atomic mass is 35.5. The van der Waals surface area contributed by atoms with Gasteiger partial charge in [0, 0.05) is 21.5 Å². The van der Waals surface area contributed by atoms with Crippen molar-refractivity contribution < 1.29 is 0 Å². The zero-order chi connectivity index (χ0) is 21.5. The summed E-state index contributed by atoms with van der Waals surface area (Å²) < 4.78 is 2.34. The molecule has 0 aliphatic carbocycles. The summed E-state index contributed by atoms with van der Waals surface area (Å²) in [6.45, 7) is 0. The highest BCUT2D eigenvalue weighted by Gasteiger charge is 2.14. The van der Waals surface area contributed by atoms with Crippen molar-refractivity contribution >= 4 is 33.4 Å². The molecule has 6 aromatic rings. The summed E-state index contributed by atoms with van der Waals surface area (Å²) in [4.78, 5) is 0. The van der Waals surface area contributed by atoms with Gasteiger partial charge in [0.25, 0.3) is 0 Å². The van der Waals surface area contributed by atoms with Crippen LogP contribution in [-0.4, -0.2) is 4.57 Å². The molecular weight excluding hydrogens is 410 g/mol. The van der Waals surface area contributed by atoms with Gasteiger partial charge in [-0.25, -0.2) is 0 Å². The molecule has 2 heteroatoms. The van der Waals surface area contributed by atoms with E-state index in [9.17, 15) is 0 Å². The van der Waals surface area contributed by atoms with Crippen LogP contribution in [0.5, 0.6) is 0 Å². The molecule has 0 aliphatic rings. The molecule has 0 aliphatic heterocycles. The minimum absolute atomic E-state index is 0.753. The summed E-state index contributed by atoms with van der Waals surface area (Å²) >= 11 is 6.38. The van der Waals surface area contributed by atoms with Crippen LogP contribution in [0, 0.1) is 0 Å². The number of nitrogens with zero attached hydrogens (tertiary/aromatic N) is 1. The van der Waals surface area contributed by atoms with Crippen molar-refractivity contribution in [3.8, 4) is 27.9 Å². The van der Waals surface area contributed by atoms with Gasteiger partial charge in [-0.15, -0.1) is 0 Å². The minimum Gasteiger partial charge on any atom is -0.309 e. The first-order valence-corrected chi connectivity index (χ1v) is 11.1. The quantitative estimate of drug-likeness (QED) is 0.265. The van der Waals surface area contributed by atoms with Crippen LogP contribution in [-0.2, 0) is 0 Å². The number of halogens is 1. The molecule has 0 N–H and O–H groups in total. The Morgan fingerprint density at radius 2 is 1.03 bits per heavy atom. The van der Waals surface area contributed by atoms with E-state index in [0.29, 0.717) is 0 Å². The summed E-state index contributed by atoms with van der Waals surface area (Å²) in [5.74, 6) is 0. The fourth-order valence-electron chi connectivity index (χ4n) is 4.52. The molecule has 0 atom stereocenters. The zero-order valence-electron chi connectivity index (χ0n) is 17.4. The summed E-state index contributed by atoms with van der Waals surface area (Å²) in [6, 6.07) is 42.6. The molecule has 1 aromatic heterocycles. The smallest absolute Gasteiger partial charge is 0.0547 e.